The average molecular weight is 1090 g/mol. The van der Waals surface area contributed by atoms with E-state index in [-0.39, 0.29) is 82.0 Å². The maximum absolute atomic E-state index is 15.1. The SMILES string of the molecule is CC(C)C[C@H]1C(=O)O[C@H](Cc2cccc(Cn3nc(CO)cc3CO)c2)C(=O)N(C)[C@@H](CC(C)C)C(=O)O[C@H](C)C(=O)N(C)[C@@H](CC(C)C)C(=O)O[C@H](Cc2ccccc2)C(=O)N(C)[C@@H](CC(C)C)C(=O)O[C@H](C)C(=O)N1C. The number of cyclic esters (lactones) is 4. The number of benzene rings is 2. The number of aliphatic hydroxyl groups excluding tert-OH is 2. The van der Waals surface area contributed by atoms with Crippen LogP contribution < -0.4 is 0 Å². The van der Waals surface area contributed by atoms with Crippen LogP contribution in [0.15, 0.2) is 60.7 Å². The highest BCUT2D eigenvalue weighted by atomic mass is 16.6. The minimum absolute atomic E-state index is 0.0519. The topological polar surface area (TPSA) is 245 Å². The van der Waals surface area contributed by atoms with Crippen LogP contribution in [-0.4, -0.2) is 164 Å². The Morgan fingerprint density at radius 2 is 0.821 bits per heavy atom. The Morgan fingerprint density at radius 1 is 0.462 bits per heavy atom. The molecule has 1 aliphatic heterocycles. The Bertz CT molecular complexity index is 2510. The fraction of sp³-hybridized carbons (Fsp3) is 0.603. The summed E-state index contributed by atoms with van der Waals surface area (Å²) in [5.41, 5.74) is 2.65. The lowest BCUT2D eigenvalue weighted by atomic mass is 9.99. The van der Waals surface area contributed by atoms with Gasteiger partial charge in [0.25, 0.3) is 23.6 Å². The van der Waals surface area contributed by atoms with Crippen molar-refractivity contribution in [3.05, 3.63) is 88.7 Å². The van der Waals surface area contributed by atoms with Crippen LogP contribution in [0, 0.1) is 23.7 Å². The molecule has 1 aliphatic rings. The molecule has 3 aromatic rings. The maximum Gasteiger partial charge on any atom is 0.329 e. The van der Waals surface area contributed by atoms with Crippen LogP contribution >= 0.6 is 0 Å². The molecule has 0 saturated carbocycles. The zero-order valence-corrected chi connectivity index (χ0v) is 48.0. The van der Waals surface area contributed by atoms with Crippen LogP contribution in [0.3, 0.4) is 0 Å². The van der Waals surface area contributed by atoms with Gasteiger partial charge in [-0.1, -0.05) is 110 Å². The molecule has 0 aliphatic carbocycles. The molecule has 430 valence electrons. The summed E-state index contributed by atoms with van der Waals surface area (Å²) in [4.78, 5) is 121. The lowest BCUT2D eigenvalue weighted by molar-refractivity contribution is -0.176. The molecule has 0 radical (unpaired) electrons. The molecule has 4 rings (SSSR count). The Balaban J connectivity index is 1.88. The van der Waals surface area contributed by atoms with Crippen molar-refractivity contribution >= 4 is 47.5 Å². The van der Waals surface area contributed by atoms with Gasteiger partial charge in [-0.15, -0.1) is 0 Å². The van der Waals surface area contributed by atoms with Crippen molar-refractivity contribution in [3.8, 4) is 0 Å². The van der Waals surface area contributed by atoms with Gasteiger partial charge in [-0.3, -0.25) is 23.9 Å². The van der Waals surface area contributed by atoms with Gasteiger partial charge in [-0.2, -0.15) is 5.10 Å². The van der Waals surface area contributed by atoms with Crippen molar-refractivity contribution < 1.29 is 67.5 Å². The third kappa shape index (κ3) is 17.7. The first-order valence-electron chi connectivity index (χ1n) is 26.9. The second kappa shape index (κ2) is 29.3. The van der Waals surface area contributed by atoms with Gasteiger partial charge < -0.3 is 48.8 Å². The molecule has 0 bridgehead atoms. The van der Waals surface area contributed by atoms with Crippen LogP contribution in [0.1, 0.15) is 123 Å². The molecule has 0 spiro atoms. The van der Waals surface area contributed by atoms with Crippen molar-refractivity contribution in [1.29, 1.82) is 0 Å². The molecule has 2 heterocycles. The number of hydrogen-bond acceptors (Lipinski definition) is 15. The molecule has 20 heteroatoms. The molecule has 4 amide bonds. The number of carbonyl (C=O) groups is 8. The smallest absolute Gasteiger partial charge is 0.329 e. The van der Waals surface area contributed by atoms with Gasteiger partial charge >= 0.3 is 23.9 Å². The molecule has 2 N–H and O–H groups in total. The molecule has 1 aromatic heterocycles. The predicted octanol–water partition coefficient (Wildman–Crippen LogP) is 4.89. The van der Waals surface area contributed by atoms with E-state index >= 15 is 4.79 Å². The van der Waals surface area contributed by atoms with Crippen LogP contribution in [0.4, 0.5) is 0 Å². The number of hydrogen-bond donors (Lipinski definition) is 2. The number of likely N-dealkylation sites (N-methyl/N-ethyl adjacent to an activating group) is 4. The Hall–Kier alpha value is -6.67. The number of rotatable bonds is 16. The van der Waals surface area contributed by atoms with Gasteiger partial charge in [-0.05, 0) is 86.0 Å². The number of nitrogens with zero attached hydrogens (tertiary/aromatic N) is 6. The summed E-state index contributed by atoms with van der Waals surface area (Å²) in [6, 6.07) is 12.2. The second-order valence-corrected chi connectivity index (χ2v) is 22.2. The highest BCUT2D eigenvalue weighted by Crippen LogP contribution is 2.25. The van der Waals surface area contributed by atoms with Gasteiger partial charge in [0.15, 0.2) is 24.4 Å². The zero-order valence-electron chi connectivity index (χ0n) is 48.0. The van der Waals surface area contributed by atoms with Gasteiger partial charge in [-0.25, -0.2) is 19.2 Å². The van der Waals surface area contributed by atoms with Crippen molar-refractivity contribution in [2.24, 2.45) is 23.7 Å². The number of aliphatic hydroxyl groups is 2. The number of amides is 4. The van der Waals surface area contributed by atoms with Crippen LogP contribution in [0.2, 0.25) is 0 Å². The van der Waals surface area contributed by atoms with Crippen molar-refractivity contribution in [2.45, 2.75) is 176 Å². The Kier molecular flexibility index (Phi) is 24.0. The Morgan fingerprint density at radius 3 is 1.21 bits per heavy atom. The van der Waals surface area contributed by atoms with E-state index in [1.807, 2.05) is 55.4 Å². The van der Waals surface area contributed by atoms with Gasteiger partial charge in [0.2, 0.25) is 0 Å². The fourth-order valence-electron chi connectivity index (χ4n) is 9.41. The summed E-state index contributed by atoms with van der Waals surface area (Å²) in [7, 11) is 5.48. The second-order valence-electron chi connectivity index (χ2n) is 22.2. The van der Waals surface area contributed by atoms with Gasteiger partial charge in [0.05, 0.1) is 31.1 Å². The van der Waals surface area contributed by atoms with E-state index < -0.39 is 96.1 Å². The van der Waals surface area contributed by atoms with E-state index in [0.29, 0.717) is 28.1 Å². The lowest BCUT2D eigenvalue weighted by Crippen LogP contribution is -2.55. The first kappa shape index (κ1) is 63.9. The summed E-state index contributed by atoms with van der Waals surface area (Å²) in [6.45, 7) is 16.9. The van der Waals surface area contributed by atoms with E-state index in [1.54, 1.807) is 60.7 Å². The molecular weight excluding hydrogens is 1000 g/mol. The lowest BCUT2D eigenvalue weighted by Gasteiger charge is -2.35. The third-order valence-electron chi connectivity index (χ3n) is 13.7. The highest BCUT2D eigenvalue weighted by Gasteiger charge is 2.43. The van der Waals surface area contributed by atoms with Crippen molar-refractivity contribution in [3.63, 3.8) is 0 Å². The van der Waals surface area contributed by atoms with Crippen LogP contribution in [0.25, 0.3) is 0 Å². The summed E-state index contributed by atoms with van der Waals surface area (Å²) < 4.78 is 25.6. The molecule has 8 atom stereocenters. The first-order valence-corrected chi connectivity index (χ1v) is 26.9. The molecule has 1 saturated heterocycles. The Labute approximate surface area is 459 Å². The quantitative estimate of drug-likeness (QED) is 0.143. The van der Waals surface area contributed by atoms with Crippen molar-refractivity contribution in [1.82, 2.24) is 29.4 Å². The molecule has 20 nitrogen and oxygen atoms in total. The van der Waals surface area contributed by atoms with E-state index in [1.165, 1.54) is 46.7 Å². The zero-order chi connectivity index (χ0) is 58.3. The normalized spacial score (nSPS) is 23.5. The number of carbonyl (C=O) groups excluding carboxylic acids is 8. The van der Waals surface area contributed by atoms with E-state index in [9.17, 15) is 43.8 Å². The summed E-state index contributed by atoms with van der Waals surface area (Å²) in [5.74, 6) is -7.65. The molecule has 2 aromatic carbocycles. The monoisotopic (exact) mass is 1090 g/mol. The van der Waals surface area contributed by atoms with Gasteiger partial charge in [0, 0.05) is 41.0 Å². The summed E-state index contributed by atoms with van der Waals surface area (Å²) >= 11 is 0. The van der Waals surface area contributed by atoms with Crippen molar-refractivity contribution in [2.75, 3.05) is 28.2 Å². The van der Waals surface area contributed by atoms with Crippen LogP contribution in [0.5, 0.6) is 0 Å². The van der Waals surface area contributed by atoms with E-state index in [0.717, 1.165) is 19.6 Å². The summed E-state index contributed by atoms with van der Waals surface area (Å²) in [6.07, 6.45) is -6.16. The minimum atomic E-state index is -1.61. The number of ether oxygens (including phenoxy) is 4. The predicted molar refractivity (Wildman–Crippen MR) is 288 cm³/mol. The molecule has 1 fully saturated rings. The molecule has 78 heavy (non-hydrogen) atoms. The highest BCUT2D eigenvalue weighted by molar-refractivity contribution is 5.94. The average Bonchev–Trinajstić information content (AvgIpc) is 3.81. The fourth-order valence-corrected chi connectivity index (χ4v) is 9.41. The molecular formula is C58H84N6O14. The van der Waals surface area contributed by atoms with E-state index in [4.69, 9.17) is 18.9 Å². The third-order valence-corrected chi connectivity index (χ3v) is 13.7. The van der Waals surface area contributed by atoms with Crippen LogP contribution in [-0.2, 0) is 89.9 Å². The number of aromatic nitrogens is 2. The summed E-state index contributed by atoms with van der Waals surface area (Å²) in [5, 5.41) is 24.1. The molecule has 0 unspecified atom stereocenters. The van der Waals surface area contributed by atoms with E-state index in [2.05, 4.69) is 5.10 Å². The maximum atomic E-state index is 15.1. The minimum Gasteiger partial charge on any atom is -0.451 e. The number of esters is 4. The first-order chi connectivity index (χ1) is 36.7. The largest absolute Gasteiger partial charge is 0.451 e. The standard InChI is InChI=1S/C58H84N6O14/c1-34(2)23-45-55(71)75-39(10)52(68)61(12)48(26-37(7)8)58(74)78-50(29-41-21-18-22-42(27-41)31-64-44(33-66)30-43(32-65)59-64)54(70)63(14)46(24-35(3)4)56(72)76-38(9)51(67)60(11)47(25-36(5)6)57(73)77-49(53(69)62(45)13)28-40-19-16-15-17-20-40/h15-22,27,30,34-39,45-50,65-66H,23-26,28-29,31-33H2,1-14H3/t38-,39-,45+,46+,47+,48+,49-,50-/m1/s1. The van der Waals surface area contributed by atoms with Gasteiger partial charge in [0.1, 0.15) is 24.2 Å².